The molecule has 0 atom stereocenters. The molecule has 1 aromatic carbocycles. The van der Waals surface area contributed by atoms with Crippen molar-refractivity contribution in [1.29, 1.82) is 0 Å². The predicted molar refractivity (Wildman–Crippen MR) is 58.2 cm³/mol. The van der Waals surface area contributed by atoms with Crippen molar-refractivity contribution in [1.82, 2.24) is 0 Å². The second-order valence-electron chi connectivity index (χ2n) is 3.04. The summed E-state index contributed by atoms with van der Waals surface area (Å²) in [4.78, 5) is 12.4. The molecule has 0 unspecified atom stereocenters. The summed E-state index contributed by atoms with van der Waals surface area (Å²) in [5, 5.41) is 0. The highest BCUT2D eigenvalue weighted by molar-refractivity contribution is 9.10. The Morgan fingerprint density at radius 2 is 2.15 bits per heavy atom. The average molecular weight is 242 g/mol. The standard InChI is InChI=1S/C10H12BrNO/c1-12(2)10-4-3-9(11)7-8(10)5-6-13/h3-4,6-7H,5H2,1-2H3. The average Bonchev–Trinajstić information content (AvgIpc) is 2.04. The molecular formula is C10H12BrNO. The minimum absolute atomic E-state index is 0.465. The molecule has 70 valence electrons. The van der Waals surface area contributed by atoms with Crippen LogP contribution in [0.2, 0.25) is 0 Å². The van der Waals surface area contributed by atoms with Gasteiger partial charge in [0.05, 0.1) is 0 Å². The number of anilines is 1. The normalized spacial score (nSPS) is 9.77. The second-order valence-corrected chi connectivity index (χ2v) is 3.95. The fraction of sp³-hybridized carbons (Fsp3) is 0.300. The van der Waals surface area contributed by atoms with Crippen molar-refractivity contribution in [2.75, 3.05) is 19.0 Å². The molecule has 0 aromatic heterocycles. The van der Waals surface area contributed by atoms with Crippen molar-refractivity contribution in [2.24, 2.45) is 0 Å². The van der Waals surface area contributed by atoms with Crippen molar-refractivity contribution in [2.45, 2.75) is 6.42 Å². The van der Waals surface area contributed by atoms with Crippen LogP contribution in [-0.4, -0.2) is 20.4 Å². The number of benzene rings is 1. The summed E-state index contributed by atoms with van der Waals surface area (Å²) in [5.74, 6) is 0. The van der Waals surface area contributed by atoms with Crippen LogP contribution in [0.3, 0.4) is 0 Å². The van der Waals surface area contributed by atoms with Crippen LogP contribution in [0.5, 0.6) is 0 Å². The van der Waals surface area contributed by atoms with E-state index in [-0.39, 0.29) is 0 Å². The molecule has 13 heavy (non-hydrogen) atoms. The van der Waals surface area contributed by atoms with E-state index in [4.69, 9.17) is 0 Å². The molecule has 0 N–H and O–H groups in total. The van der Waals surface area contributed by atoms with Crippen molar-refractivity contribution in [3.63, 3.8) is 0 Å². The van der Waals surface area contributed by atoms with Gasteiger partial charge in [0.25, 0.3) is 0 Å². The summed E-state index contributed by atoms with van der Waals surface area (Å²) in [6, 6.07) is 5.95. The van der Waals surface area contributed by atoms with Gasteiger partial charge in [-0.2, -0.15) is 0 Å². The molecule has 0 fully saturated rings. The third-order valence-corrected chi connectivity index (χ3v) is 2.32. The molecule has 0 aliphatic carbocycles. The highest BCUT2D eigenvalue weighted by atomic mass is 79.9. The van der Waals surface area contributed by atoms with Gasteiger partial charge in [-0.3, -0.25) is 0 Å². The van der Waals surface area contributed by atoms with E-state index in [0.29, 0.717) is 6.42 Å². The van der Waals surface area contributed by atoms with Gasteiger partial charge in [0.15, 0.2) is 0 Å². The van der Waals surface area contributed by atoms with Crippen molar-refractivity contribution >= 4 is 27.9 Å². The lowest BCUT2D eigenvalue weighted by molar-refractivity contribution is -0.107. The molecule has 0 heterocycles. The molecular weight excluding hydrogens is 230 g/mol. The Balaban J connectivity index is 3.10. The first-order valence-electron chi connectivity index (χ1n) is 4.04. The van der Waals surface area contributed by atoms with Gasteiger partial charge in [0.1, 0.15) is 6.29 Å². The van der Waals surface area contributed by atoms with Gasteiger partial charge in [-0.1, -0.05) is 15.9 Å². The monoisotopic (exact) mass is 241 g/mol. The van der Waals surface area contributed by atoms with Crippen LogP contribution in [0, 0.1) is 0 Å². The van der Waals surface area contributed by atoms with Gasteiger partial charge in [0.2, 0.25) is 0 Å². The van der Waals surface area contributed by atoms with Gasteiger partial charge in [0, 0.05) is 30.7 Å². The topological polar surface area (TPSA) is 20.3 Å². The Morgan fingerprint density at radius 3 is 2.69 bits per heavy atom. The first-order valence-corrected chi connectivity index (χ1v) is 4.84. The molecule has 0 amide bonds. The Kier molecular flexibility index (Phi) is 3.48. The first kappa shape index (κ1) is 10.3. The molecule has 0 aliphatic rings. The van der Waals surface area contributed by atoms with Gasteiger partial charge in [-0.15, -0.1) is 0 Å². The number of hydrogen-bond donors (Lipinski definition) is 0. The van der Waals surface area contributed by atoms with E-state index in [9.17, 15) is 4.79 Å². The van der Waals surface area contributed by atoms with E-state index >= 15 is 0 Å². The quantitative estimate of drug-likeness (QED) is 0.757. The maximum atomic E-state index is 10.4. The van der Waals surface area contributed by atoms with Crippen molar-refractivity contribution in [3.05, 3.63) is 28.2 Å². The van der Waals surface area contributed by atoms with E-state index < -0.39 is 0 Å². The Labute approximate surface area is 86.7 Å². The zero-order valence-electron chi connectivity index (χ0n) is 7.75. The summed E-state index contributed by atoms with van der Waals surface area (Å²) in [6.45, 7) is 0. The number of halogens is 1. The predicted octanol–water partition coefficient (Wildman–Crippen LogP) is 2.26. The molecule has 0 bridgehead atoms. The second kappa shape index (κ2) is 4.42. The van der Waals surface area contributed by atoms with Crippen LogP contribution in [0.25, 0.3) is 0 Å². The molecule has 3 heteroatoms. The van der Waals surface area contributed by atoms with Gasteiger partial charge < -0.3 is 9.69 Å². The molecule has 0 saturated heterocycles. The van der Waals surface area contributed by atoms with Crippen molar-refractivity contribution < 1.29 is 4.79 Å². The minimum Gasteiger partial charge on any atom is -0.377 e. The molecule has 0 aliphatic heterocycles. The van der Waals surface area contributed by atoms with Gasteiger partial charge >= 0.3 is 0 Å². The van der Waals surface area contributed by atoms with Crippen LogP contribution in [-0.2, 0) is 11.2 Å². The van der Waals surface area contributed by atoms with Gasteiger partial charge in [-0.25, -0.2) is 0 Å². The lowest BCUT2D eigenvalue weighted by Gasteiger charge is -2.16. The molecule has 2 nitrogen and oxygen atoms in total. The zero-order chi connectivity index (χ0) is 9.84. The fourth-order valence-electron chi connectivity index (χ4n) is 1.24. The maximum absolute atomic E-state index is 10.4. The molecule has 0 saturated carbocycles. The summed E-state index contributed by atoms with van der Waals surface area (Å²) in [5.41, 5.74) is 2.14. The highest BCUT2D eigenvalue weighted by Gasteiger charge is 2.03. The van der Waals surface area contributed by atoms with Crippen molar-refractivity contribution in [3.8, 4) is 0 Å². The Hall–Kier alpha value is -0.830. The Bertz CT molecular complexity index is 310. The summed E-state index contributed by atoms with van der Waals surface area (Å²) in [7, 11) is 3.94. The largest absolute Gasteiger partial charge is 0.377 e. The Morgan fingerprint density at radius 1 is 1.46 bits per heavy atom. The SMILES string of the molecule is CN(C)c1ccc(Br)cc1CC=O. The molecule has 0 spiro atoms. The lowest BCUT2D eigenvalue weighted by atomic mass is 10.1. The molecule has 0 radical (unpaired) electrons. The smallest absolute Gasteiger partial charge is 0.124 e. The van der Waals surface area contributed by atoms with E-state index in [1.807, 2.05) is 37.2 Å². The number of carbonyl (C=O) groups is 1. The lowest BCUT2D eigenvalue weighted by Crippen LogP contribution is -2.11. The zero-order valence-corrected chi connectivity index (χ0v) is 9.34. The maximum Gasteiger partial charge on any atom is 0.124 e. The minimum atomic E-state index is 0.465. The van der Waals surface area contributed by atoms with E-state index in [1.54, 1.807) is 0 Å². The first-order chi connectivity index (χ1) is 6.15. The van der Waals surface area contributed by atoms with Crippen LogP contribution in [0.4, 0.5) is 5.69 Å². The van der Waals surface area contributed by atoms with Crippen LogP contribution >= 0.6 is 15.9 Å². The van der Waals surface area contributed by atoms with Crippen LogP contribution < -0.4 is 4.90 Å². The number of hydrogen-bond acceptors (Lipinski definition) is 2. The van der Waals surface area contributed by atoms with Crippen LogP contribution in [0.1, 0.15) is 5.56 Å². The van der Waals surface area contributed by atoms with Crippen LogP contribution in [0.15, 0.2) is 22.7 Å². The summed E-state index contributed by atoms with van der Waals surface area (Å²) >= 11 is 3.38. The highest BCUT2D eigenvalue weighted by Crippen LogP contribution is 2.22. The molecule has 1 aromatic rings. The number of aldehydes is 1. The van der Waals surface area contributed by atoms with E-state index in [1.165, 1.54) is 0 Å². The van der Waals surface area contributed by atoms with E-state index in [2.05, 4.69) is 15.9 Å². The number of nitrogens with zero attached hydrogens (tertiary/aromatic N) is 1. The number of carbonyl (C=O) groups excluding carboxylic acids is 1. The van der Waals surface area contributed by atoms with E-state index in [0.717, 1.165) is 22.0 Å². The summed E-state index contributed by atoms with van der Waals surface area (Å²) < 4.78 is 1.01. The molecule has 1 rings (SSSR count). The number of rotatable bonds is 3. The summed E-state index contributed by atoms with van der Waals surface area (Å²) in [6.07, 6.45) is 1.39. The fourth-order valence-corrected chi connectivity index (χ4v) is 1.65. The third kappa shape index (κ3) is 2.56. The van der Waals surface area contributed by atoms with Gasteiger partial charge in [-0.05, 0) is 23.8 Å². The third-order valence-electron chi connectivity index (χ3n) is 1.83.